The smallest absolute Gasteiger partial charge is 0.311 e. The Kier molecular flexibility index (Phi) is 8.05. The molecule has 0 fully saturated rings. The maximum absolute atomic E-state index is 12.2. The predicted octanol–water partition coefficient (Wildman–Crippen LogP) is 6.31. The Morgan fingerprint density at radius 1 is 0.774 bits per heavy atom. The number of ether oxygens (including phenoxy) is 2. The summed E-state index contributed by atoms with van der Waals surface area (Å²) in [7, 11) is 1.69. The lowest BCUT2D eigenvalue weighted by Gasteiger charge is -2.33. The molecule has 0 saturated carbocycles. The molecule has 0 aromatic heterocycles. The van der Waals surface area contributed by atoms with Crippen molar-refractivity contribution < 1.29 is 19.1 Å². The molecule has 0 spiro atoms. The van der Waals surface area contributed by atoms with Gasteiger partial charge in [0, 0.05) is 18.3 Å². The van der Waals surface area contributed by atoms with Crippen LogP contribution >= 0.6 is 0 Å². The first-order chi connectivity index (χ1) is 14.5. The normalized spacial score (nSPS) is 11.4. The first kappa shape index (κ1) is 24.6. The van der Waals surface area contributed by atoms with Crippen molar-refractivity contribution in [3.8, 4) is 11.5 Å². The fourth-order valence-electron chi connectivity index (χ4n) is 4.95. The molecule has 0 saturated heterocycles. The molecule has 0 aliphatic heterocycles. The molecule has 0 heterocycles. The number of carbonyl (C=O) groups is 2. The number of hydrogen-bond donors (Lipinski definition) is 0. The molecule has 0 aliphatic carbocycles. The van der Waals surface area contributed by atoms with Crippen LogP contribution < -0.4 is 9.47 Å². The average molecular weight is 425 g/mol. The van der Waals surface area contributed by atoms with Crippen molar-refractivity contribution in [1.29, 1.82) is 0 Å². The maximum Gasteiger partial charge on any atom is 0.311 e. The van der Waals surface area contributed by atoms with Gasteiger partial charge in [0.15, 0.2) is 0 Å². The number of benzene rings is 2. The van der Waals surface area contributed by atoms with E-state index in [1.165, 1.54) is 22.3 Å². The van der Waals surface area contributed by atoms with E-state index in [2.05, 4.69) is 53.7 Å². The van der Waals surface area contributed by atoms with Crippen LogP contribution in [0.2, 0.25) is 0 Å². The Hall–Kier alpha value is -2.62. The lowest BCUT2D eigenvalue weighted by molar-refractivity contribution is -0.134. The highest BCUT2D eigenvalue weighted by molar-refractivity contribution is 5.75. The van der Waals surface area contributed by atoms with Crippen LogP contribution in [0.1, 0.15) is 79.8 Å². The predicted molar refractivity (Wildman–Crippen MR) is 125 cm³/mol. The Balaban J connectivity index is 2.27. The van der Waals surface area contributed by atoms with Gasteiger partial charge in [-0.3, -0.25) is 4.79 Å². The Bertz CT molecular complexity index is 923. The van der Waals surface area contributed by atoms with E-state index in [9.17, 15) is 9.59 Å². The topological polar surface area (TPSA) is 52.6 Å². The van der Waals surface area contributed by atoms with Crippen molar-refractivity contribution in [3.05, 3.63) is 57.6 Å². The highest BCUT2D eigenvalue weighted by Crippen LogP contribution is 2.41. The van der Waals surface area contributed by atoms with Crippen LogP contribution in [0.5, 0.6) is 11.5 Å². The highest BCUT2D eigenvalue weighted by atomic mass is 16.5. The zero-order valence-electron chi connectivity index (χ0n) is 20.3. The molecule has 0 radical (unpaired) electrons. The Morgan fingerprint density at radius 2 is 1.19 bits per heavy atom. The van der Waals surface area contributed by atoms with Gasteiger partial charge in [0.25, 0.3) is 0 Å². The number of rotatable bonds is 9. The number of Topliss-reactive ketones (excluding diaryl/α,β-unsaturated/α-hetero) is 1. The summed E-state index contributed by atoms with van der Waals surface area (Å²) in [6.07, 6.45) is 2.22. The fourth-order valence-corrected chi connectivity index (χ4v) is 4.95. The van der Waals surface area contributed by atoms with Crippen molar-refractivity contribution in [1.82, 2.24) is 0 Å². The highest BCUT2D eigenvalue weighted by Gasteiger charge is 2.30. The summed E-state index contributed by atoms with van der Waals surface area (Å²) in [5.74, 6) is 1.35. The summed E-state index contributed by atoms with van der Waals surface area (Å²) < 4.78 is 11.0. The van der Waals surface area contributed by atoms with Crippen LogP contribution in [-0.2, 0) is 15.0 Å². The van der Waals surface area contributed by atoms with Gasteiger partial charge < -0.3 is 14.3 Å². The van der Waals surface area contributed by atoms with Gasteiger partial charge in [-0.2, -0.15) is 0 Å². The van der Waals surface area contributed by atoms with E-state index < -0.39 is 0 Å². The number of methoxy groups -OCH3 is 1. The monoisotopic (exact) mass is 424 g/mol. The third kappa shape index (κ3) is 5.96. The molecule has 4 heteroatoms. The number of unbranched alkanes of at least 4 members (excludes halogenated alkanes) is 1. The molecule has 0 aliphatic rings. The van der Waals surface area contributed by atoms with E-state index in [0.717, 1.165) is 23.3 Å². The number of aryl methyl sites for hydroxylation is 4. The van der Waals surface area contributed by atoms with Gasteiger partial charge in [0.05, 0.1) is 7.11 Å². The second-order valence-corrected chi connectivity index (χ2v) is 9.08. The molecule has 0 bridgehead atoms. The molecule has 2 rings (SSSR count). The van der Waals surface area contributed by atoms with E-state index >= 15 is 0 Å². The maximum atomic E-state index is 12.2. The Labute approximate surface area is 187 Å². The summed E-state index contributed by atoms with van der Waals surface area (Å²) in [5, 5.41) is 0. The molecule has 0 N–H and O–H groups in total. The zero-order valence-corrected chi connectivity index (χ0v) is 20.3. The summed E-state index contributed by atoms with van der Waals surface area (Å²) in [6.45, 7) is 14.4. The van der Waals surface area contributed by atoms with Crippen LogP contribution in [0.3, 0.4) is 0 Å². The Morgan fingerprint density at radius 3 is 1.61 bits per heavy atom. The minimum atomic E-state index is -0.254. The molecular weight excluding hydrogens is 388 g/mol. The minimum Gasteiger partial charge on any atom is -0.497 e. The molecule has 0 amide bonds. The van der Waals surface area contributed by atoms with E-state index in [-0.39, 0.29) is 17.2 Å². The summed E-state index contributed by atoms with van der Waals surface area (Å²) in [6, 6.07) is 8.06. The van der Waals surface area contributed by atoms with E-state index in [1.807, 2.05) is 12.1 Å². The van der Waals surface area contributed by atoms with Crippen LogP contribution in [-0.4, -0.2) is 18.9 Å². The van der Waals surface area contributed by atoms with Gasteiger partial charge in [-0.25, -0.2) is 0 Å². The van der Waals surface area contributed by atoms with Crippen LogP contribution in [0.15, 0.2) is 24.3 Å². The van der Waals surface area contributed by atoms with Crippen LogP contribution in [0, 0.1) is 27.7 Å². The lowest BCUT2D eigenvalue weighted by atomic mass is 9.71. The lowest BCUT2D eigenvalue weighted by Crippen LogP contribution is -2.24. The largest absolute Gasteiger partial charge is 0.497 e. The molecule has 0 atom stereocenters. The first-order valence-electron chi connectivity index (χ1n) is 10.9. The third-order valence-electron chi connectivity index (χ3n) is 5.89. The summed E-state index contributed by atoms with van der Waals surface area (Å²) in [4.78, 5) is 23.2. The standard InChI is InChI=1S/C27H36O4/c1-17-13-22(30-8)14-18(2)25(17)27(6,7)26-19(3)15-23(16-20(26)4)31-24(29)12-10-9-11-21(5)28/h13-16H,9-12H2,1-8H3. The van der Waals surface area contributed by atoms with Gasteiger partial charge in [-0.15, -0.1) is 0 Å². The molecule has 0 unspecified atom stereocenters. The molecule has 2 aromatic carbocycles. The molecule has 4 nitrogen and oxygen atoms in total. The minimum absolute atomic E-state index is 0.153. The van der Waals surface area contributed by atoms with Gasteiger partial charge in [-0.1, -0.05) is 13.8 Å². The fraction of sp³-hybridized carbons (Fsp3) is 0.481. The molecule has 31 heavy (non-hydrogen) atoms. The second-order valence-electron chi connectivity index (χ2n) is 9.08. The zero-order chi connectivity index (χ0) is 23.3. The average Bonchev–Trinajstić information content (AvgIpc) is 2.63. The van der Waals surface area contributed by atoms with Crippen molar-refractivity contribution in [3.63, 3.8) is 0 Å². The first-order valence-corrected chi connectivity index (χ1v) is 10.9. The van der Waals surface area contributed by atoms with Crippen LogP contribution in [0.4, 0.5) is 0 Å². The van der Waals surface area contributed by atoms with Crippen LogP contribution in [0.25, 0.3) is 0 Å². The van der Waals surface area contributed by atoms with Gasteiger partial charge in [-0.05, 0) is 105 Å². The number of hydrogen-bond acceptors (Lipinski definition) is 4. The number of carbonyl (C=O) groups excluding carboxylic acids is 2. The third-order valence-corrected chi connectivity index (χ3v) is 5.89. The van der Waals surface area contributed by atoms with Gasteiger partial charge >= 0.3 is 5.97 Å². The van der Waals surface area contributed by atoms with Crippen molar-refractivity contribution in [2.75, 3.05) is 7.11 Å². The summed E-state index contributed by atoms with van der Waals surface area (Å²) >= 11 is 0. The van der Waals surface area contributed by atoms with Gasteiger partial charge in [0.1, 0.15) is 17.3 Å². The molecule has 168 valence electrons. The quantitative estimate of drug-likeness (QED) is 0.269. The SMILES string of the molecule is COc1cc(C)c(C(C)(C)c2c(C)cc(OC(=O)CCCCC(C)=O)cc2C)c(C)c1. The van der Waals surface area contributed by atoms with Crippen molar-refractivity contribution in [2.24, 2.45) is 0 Å². The van der Waals surface area contributed by atoms with Gasteiger partial charge in [0.2, 0.25) is 0 Å². The number of esters is 1. The van der Waals surface area contributed by atoms with Crippen molar-refractivity contribution >= 4 is 11.8 Å². The van der Waals surface area contributed by atoms with E-state index in [0.29, 0.717) is 25.0 Å². The van der Waals surface area contributed by atoms with Crippen molar-refractivity contribution in [2.45, 2.75) is 79.6 Å². The number of ketones is 1. The molecule has 2 aromatic rings. The summed E-state index contributed by atoms with van der Waals surface area (Å²) in [5.41, 5.74) is 6.89. The van der Waals surface area contributed by atoms with E-state index in [4.69, 9.17) is 9.47 Å². The molecular formula is C27H36O4. The second kappa shape index (κ2) is 10.1. The van der Waals surface area contributed by atoms with E-state index in [1.54, 1.807) is 14.0 Å².